The Kier molecular flexibility index (Phi) is 3.14. The highest BCUT2D eigenvalue weighted by atomic mass is 32.2. The maximum absolute atomic E-state index is 11.1. The Balaban J connectivity index is 2.18. The summed E-state index contributed by atoms with van der Waals surface area (Å²) >= 11 is 0. The summed E-state index contributed by atoms with van der Waals surface area (Å²) in [5.41, 5.74) is 6.61. The molecule has 1 fully saturated rings. The first-order valence-electron chi connectivity index (χ1n) is 5.32. The van der Waals surface area contributed by atoms with Gasteiger partial charge in [0.2, 0.25) is 15.9 Å². The van der Waals surface area contributed by atoms with E-state index in [0.29, 0.717) is 18.7 Å². The minimum Gasteiger partial charge on any atom is -0.397 e. The number of sulfonamides is 1. The first kappa shape index (κ1) is 12.7. The van der Waals surface area contributed by atoms with Crippen molar-refractivity contribution in [3.05, 3.63) is 18.2 Å². The Bertz CT molecular complexity index is 585. The topological polar surface area (TPSA) is 127 Å². The van der Waals surface area contributed by atoms with Gasteiger partial charge in [-0.2, -0.15) is 0 Å². The zero-order valence-corrected chi connectivity index (χ0v) is 10.3. The fourth-order valence-corrected chi connectivity index (χ4v) is 2.33. The summed E-state index contributed by atoms with van der Waals surface area (Å²) in [4.78, 5) is 11.0. The van der Waals surface area contributed by atoms with Gasteiger partial charge in [-0.15, -0.1) is 0 Å². The number of carbonyl (C=O) groups excluding carboxylic acids is 1. The molecule has 0 spiro atoms. The number of rotatable bonds is 3. The number of nitrogen functional groups attached to an aromatic ring is 1. The molecule has 6 N–H and O–H groups in total. The third-order valence-corrected chi connectivity index (χ3v) is 3.60. The number of primary sulfonamides is 1. The third kappa shape index (κ3) is 2.71. The van der Waals surface area contributed by atoms with Gasteiger partial charge in [-0.05, 0) is 18.2 Å². The lowest BCUT2D eigenvalue weighted by Gasteiger charge is -2.14. The van der Waals surface area contributed by atoms with Crippen molar-refractivity contribution in [2.45, 2.75) is 17.4 Å². The molecule has 8 heteroatoms. The van der Waals surface area contributed by atoms with E-state index in [1.807, 2.05) is 0 Å². The Morgan fingerprint density at radius 2 is 2.11 bits per heavy atom. The van der Waals surface area contributed by atoms with E-state index in [1.54, 1.807) is 0 Å². The highest BCUT2D eigenvalue weighted by molar-refractivity contribution is 7.89. The molecule has 1 amide bonds. The molecule has 1 atom stereocenters. The lowest BCUT2D eigenvalue weighted by Crippen LogP contribution is -2.23. The van der Waals surface area contributed by atoms with E-state index in [1.165, 1.54) is 18.2 Å². The van der Waals surface area contributed by atoms with Gasteiger partial charge in [-0.25, -0.2) is 13.6 Å². The fourth-order valence-electron chi connectivity index (χ4n) is 1.78. The first-order chi connectivity index (χ1) is 8.36. The number of benzene rings is 1. The van der Waals surface area contributed by atoms with Crippen molar-refractivity contribution in [1.82, 2.24) is 5.32 Å². The molecule has 0 aliphatic carbocycles. The van der Waals surface area contributed by atoms with E-state index in [-0.39, 0.29) is 22.5 Å². The average molecular weight is 270 g/mol. The number of amides is 1. The second kappa shape index (κ2) is 4.46. The van der Waals surface area contributed by atoms with Crippen molar-refractivity contribution in [2.75, 3.05) is 17.6 Å². The number of carbonyl (C=O) groups is 1. The van der Waals surface area contributed by atoms with E-state index in [0.717, 1.165) is 0 Å². The molecule has 0 bridgehead atoms. The molecule has 98 valence electrons. The minimum absolute atomic E-state index is 0.0211. The van der Waals surface area contributed by atoms with Gasteiger partial charge in [0.25, 0.3) is 0 Å². The van der Waals surface area contributed by atoms with Gasteiger partial charge < -0.3 is 16.4 Å². The van der Waals surface area contributed by atoms with Gasteiger partial charge in [0, 0.05) is 13.0 Å². The lowest BCUT2D eigenvalue weighted by molar-refractivity contribution is -0.119. The smallest absolute Gasteiger partial charge is 0.238 e. The van der Waals surface area contributed by atoms with Crippen LogP contribution in [-0.2, 0) is 14.8 Å². The van der Waals surface area contributed by atoms with Crippen molar-refractivity contribution in [3.63, 3.8) is 0 Å². The van der Waals surface area contributed by atoms with E-state index in [4.69, 9.17) is 10.9 Å². The van der Waals surface area contributed by atoms with Crippen molar-refractivity contribution in [3.8, 4) is 0 Å². The van der Waals surface area contributed by atoms with Gasteiger partial charge in [0.1, 0.15) is 0 Å². The third-order valence-electron chi connectivity index (χ3n) is 2.69. The summed E-state index contributed by atoms with van der Waals surface area (Å²) in [6, 6.07) is 4.16. The normalized spacial score (nSPS) is 19.6. The molecule has 1 aliphatic heterocycles. The number of nitrogens with one attached hydrogen (secondary N) is 2. The maximum atomic E-state index is 11.1. The zero-order chi connectivity index (χ0) is 13.3. The summed E-state index contributed by atoms with van der Waals surface area (Å²) in [6.07, 6.45) is 0.371. The monoisotopic (exact) mass is 270 g/mol. The molecule has 1 unspecified atom stereocenters. The van der Waals surface area contributed by atoms with Crippen LogP contribution in [0.5, 0.6) is 0 Å². The summed E-state index contributed by atoms with van der Waals surface area (Å²) in [6.45, 7) is 0.523. The second-order valence-electron chi connectivity index (χ2n) is 4.14. The SMILES string of the molecule is Nc1cc(S(N)(=O)=O)ccc1NC1CNC(=O)C1. The van der Waals surface area contributed by atoms with Gasteiger partial charge in [0.15, 0.2) is 0 Å². The molecule has 0 saturated carbocycles. The molecule has 0 aromatic heterocycles. The number of hydrogen-bond donors (Lipinski definition) is 4. The standard InChI is InChI=1S/C10H14N4O3S/c11-8-4-7(18(12,16)17)1-2-9(8)14-6-3-10(15)13-5-6/h1-2,4,6,14H,3,5,11H2,(H,13,15)(H2,12,16,17). The van der Waals surface area contributed by atoms with Crippen molar-refractivity contribution in [1.29, 1.82) is 0 Å². The molecular formula is C10H14N4O3S. The van der Waals surface area contributed by atoms with Crippen LogP contribution in [0, 0.1) is 0 Å². The number of hydrogen-bond acceptors (Lipinski definition) is 5. The highest BCUT2D eigenvalue weighted by Gasteiger charge is 2.21. The lowest BCUT2D eigenvalue weighted by atomic mass is 10.2. The molecule has 1 aliphatic rings. The number of nitrogens with two attached hydrogens (primary N) is 2. The van der Waals surface area contributed by atoms with Crippen LogP contribution in [0.2, 0.25) is 0 Å². The first-order valence-corrected chi connectivity index (χ1v) is 6.86. The molecule has 0 radical (unpaired) electrons. The minimum atomic E-state index is -3.75. The van der Waals surface area contributed by atoms with Crippen molar-refractivity contribution >= 4 is 27.3 Å². The molecule has 18 heavy (non-hydrogen) atoms. The van der Waals surface area contributed by atoms with E-state index in [2.05, 4.69) is 10.6 Å². The van der Waals surface area contributed by atoms with Crippen LogP contribution in [0.1, 0.15) is 6.42 Å². The van der Waals surface area contributed by atoms with Crippen LogP contribution in [0.3, 0.4) is 0 Å². The fraction of sp³-hybridized carbons (Fsp3) is 0.300. The zero-order valence-electron chi connectivity index (χ0n) is 9.51. The van der Waals surface area contributed by atoms with Crippen LogP contribution in [-0.4, -0.2) is 26.9 Å². The van der Waals surface area contributed by atoms with Gasteiger partial charge in [-0.1, -0.05) is 0 Å². The predicted molar refractivity (Wildman–Crippen MR) is 67.3 cm³/mol. The van der Waals surface area contributed by atoms with Crippen LogP contribution in [0.15, 0.2) is 23.1 Å². The van der Waals surface area contributed by atoms with Crippen LogP contribution in [0.25, 0.3) is 0 Å². The Morgan fingerprint density at radius 1 is 1.39 bits per heavy atom. The molecule has 2 rings (SSSR count). The van der Waals surface area contributed by atoms with Gasteiger partial charge in [-0.3, -0.25) is 4.79 Å². The van der Waals surface area contributed by atoms with Crippen LogP contribution in [0.4, 0.5) is 11.4 Å². The summed E-state index contributed by atoms with van der Waals surface area (Å²) in [5.74, 6) is -0.0211. The van der Waals surface area contributed by atoms with E-state index < -0.39 is 10.0 Å². The Hall–Kier alpha value is -1.80. The molecule has 1 saturated heterocycles. The van der Waals surface area contributed by atoms with E-state index >= 15 is 0 Å². The van der Waals surface area contributed by atoms with Gasteiger partial charge in [0.05, 0.1) is 22.3 Å². The summed E-state index contributed by atoms with van der Waals surface area (Å²) in [7, 11) is -3.75. The molecule has 1 aromatic carbocycles. The van der Waals surface area contributed by atoms with Crippen LogP contribution >= 0.6 is 0 Å². The van der Waals surface area contributed by atoms with Crippen molar-refractivity contribution < 1.29 is 13.2 Å². The highest BCUT2D eigenvalue weighted by Crippen LogP contribution is 2.23. The molecule has 1 heterocycles. The maximum Gasteiger partial charge on any atom is 0.238 e. The van der Waals surface area contributed by atoms with Gasteiger partial charge >= 0.3 is 0 Å². The summed E-state index contributed by atoms with van der Waals surface area (Å²) in [5, 5.41) is 10.8. The molecule has 1 aromatic rings. The van der Waals surface area contributed by atoms with E-state index in [9.17, 15) is 13.2 Å². The largest absolute Gasteiger partial charge is 0.397 e. The Morgan fingerprint density at radius 3 is 2.61 bits per heavy atom. The predicted octanol–water partition coefficient (Wildman–Crippen LogP) is -0.783. The van der Waals surface area contributed by atoms with Crippen molar-refractivity contribution in [2.24, 2.45) is 5.14 Å². The number of anilines is 2. The molecule has 7 nitrogen and oxygen atoms in total. The average Bonchev–Trinajstić information content (AvgIpc) is 2.65. The second-order valence-corrected chi connectivity index (χ2v) is 5.70. The summed E-state index contributed by atoms with van der Waals surface area (Å²) < 4.78 is 22.3. The van der Waals surface area contributed by atoms with Crippen LogP contribution < -0.4 is 21.5 Å². The quantitative estimate of drug-likeness (QED) is 0.536. The Labute approximate surface area is 105 Å². The molecular weight excluding hydrogens is 256 g/mol.